The van der Waals surface area contributed by atoms with E-state index in [0.29, 0.717) is 6.04 Å². The number of piperidine rings is 1. The number of rotatable bonds is 7. The van der Waals surface area contributed by atoms with E-state index in [1.807, 2.05) is 0 Å². The Balaban J connectivity index is 1.42. The van der Waals surface area contributed by atoms with Crippen molar-refractivity contribution in [1.82, 2.24) is 10.2 Å². The summed E-state index contributed by atoms with van der Waals surface area (Å²) < 4.78 is 10.7. The molecule has 1 aliphatic heterocycles. The fourth-order valence-electron chi connectivity index (χ4n) is 4.11. The molecule has 4 nitrogen and oxygen atoms in total. The lowest BCUT2D eigenvalue weighted by molar-refractivity contribution is 0.119. The molecule has 1 saturated heterocycles. The van der Waals surface area contributed by atoms with Crippen molar-refractivity contribution in [3.63, 3.8) is 0 Å². The van der Waals surface area contributed by atoms with Crippen LogP contribution in [0.4, 0.5) is 0 Å². The van der Waals surface area contributed by atoms with Crippen LogP contribution in [0.2, 0.25) is 0 Å². The third-order valence-corrected chi connectivity index (χ3v) is 5.67. The number of nitrogens with zero attached hydrogens (tertiary/aromatic N) is 1. The largest absolute Gasteiger partial charge is 0.496 e. The van der Waals surface area contributed by atoms with Gasteiger partial charge in [0.05, 0.1) is 13.7 Å². The Morgan fingerprint density at radius 1 is 1.17 bits per heavy atom. The van der Waals surface area contributed by atoms with Gasteiger partial charge in [0.1, 0.15) is 5.75 Å². The van der Waals surface area contributed by atoms with Gasteiger partial charge in [-0.1, -0.05) is 12.1 Å². The smallest absolute Gasteiger partial charge is 0.122 e. The highest BCUT2D eigenvalue weighted by atomic mass is 16.5. The first-order chi connectivity index (χ1) is 11.8. The van der Waals surface area contributed by atoms with E-state index in [2.05, 4.69) is 28.4 Å². The third kappa shape index (κ3) is 4.50. The maximum atomic E-state index is 5.51. The van der Waals surface area contributed by atoms with Gasteiger partial charge < -0.3 is 19.7 Å². The van der Waals surface area contributed by atoms with Crippen LogP contribution in [-0.2, 0) is 17.6 Å². The van der Waals surface area contributed by atoms with E-state index in [-0.39, 0.29) is 0 Å². The minimum atomic E-state index is 0.621. The van der Waals surface area contributed by atoms with E-state index >= 15 is 0 Å². The second-order valence-electron chi connectivity index (χ2n) is 7.22. The molecule has 2 aliphatic rings. The highest BCUT2D eigenvalue weighted by molar-refractivity contribution is 5.42. The molecule has 1 aromatic carbocycles. The summed E-state index contributed by atoms with van der Waals surface area (Å²) in [5.74, 6) is 1.89. The highest BCUT2D eigenvalue weighted by Gasteiger charge is 2.23. The molecule has 1 unspecified atom stereocenters. The highest BCUT2D eigenvalue weighted by Crippen LogP contribution is 2.29. The lowest BCUT2D eigenvalue weighted by Gasteiger charge is -2.33. The first-order valence-electron chi connectivity index (χ1n) is 9.39. The summed E-state index contributed by atoms with van der Waals surface area (Å²) in [7, 11) is 3.56. The molecule has 24 heavy (non-hydrogen) atoms. The summed E-state index contributed by atoms with van der Waals surface area (Å²) in [6, 6.07) is 7.09. The standard InChI is InChI=1S/C20H32N2O2/c1-23-13-12-22-10-8-16(9-11-22)15-21-18-6-7-19-17(14-18)4-3-5-20(19)24-2/h3-5,16,18,21H,6-15H2,1-2H3. The molecule has 1 heterocycles. The predicted octanol–water partition coefficient (Wildman–Crippen LogP) is 2.50. The SMILES string of the molecule is COCCN1CCC(CNC2CCc3c(cccc3OC)C2)CC1. The Labute approximate surface area is 146 Å². The average Bonchev–Trinajstić information content (AvgIpc) is 2.64. The molecule has 0 saturated carbocycles. The molecule has 1 aliphatic carbocycles. The summed E-state index contributed by atoms with van der Waals surface area (Å²) in [5, 5.41) is 3.84. The maximum Gasteiger partial charge on any atom is 0.122 e. The second-order valence-corrected chi connectivity index (χ2v) is 7.22. The van der Waals surface area contributed by atoms with Crippen LogP contribution < -0.4 is 10.1 Å². The van der Waals surface area contributed by atoms with Gasteiger partial charge in [-0.05, 0) is 74.8 Å². The van der Waals surface area contributed by atoms with Crippen molar-refractivity contribution in [2.75, 3.05) is 47.0 Å². The van der Waals surface area contributed by atoms with Crippen LogP contribution in [0, 0.1) is 5.92 Å². The van der Waals surface area contributed by atoms with Gasteiger partial charge in [-0.2, -0.15) is 0 Å². The normalized spacial score (nSPS) is 22.3. The monoisotopic (exact) mass is 332 g/mol. The summed E-state index contributed by atoms with van der Waals surface area (Å²) in [6.07, 6.45) is 6.12. The first kappa shape index (κ1) is 17.7. The van der Waals surface area contributed by atoms with Gasteiger partial charge in [-0.3, -0.25) is 0 Å². The first-order valence-corrected chi connectivity index (χ1v) is 9.39. The summed E-state index contributed by atoms with van der Waals surface area (Å²) >= 11 is 0. The minimum absolute atomic E-state index is 0.621. The van der Waals surface area contributed by atoms with Crippen LogP contribution in [0.15, 0.2) is 18.2 Å². The maximum absolute atomic E-state index is 5.51. The molecule has 0 radical (unpaired) electrons. The molecule has 1 fully saturated rings. The summed E-state index contributed by atoms with van der Waals surface area (Å²) in [6.45, 7) is 5.55. The quantitative estimate of drug-likeness (QED) is 0.832. The lowest BCUT2D eigenvalue weighted by atomic mass is 9.87. The van der Waals surface area contributed by atoms with Gasteiger partial charge in [-0.15, -0.1) is 0 Å². The number of fused-ring (bicyclic) bond motifs is 1. The van der Waals surface area contributed by atoms with Crippen molar-refractivity contribution < 1.29 is 9.47 Å². The predicted molar refractivity (Wildman–Crippen MR) is 97.8 cm³/mol. The van der Waals surface area contributed by atoms with Gasteiger partial charge in [0.25, 0.3) is 0 Å². The van der Waals surface area contributed by atoms with Crippen LogP contribution in [-0.4, -0.2) is 57.9 Å². The molecule has 4 heteroatoms. The zero-order valence-electron chi connectivity index (χ0n) is 15.2. The number of hydrogen-bond acceptors (Lipinski definition) is 4. The molecule has 0 amide bonds. The van der Waals surface area contributed by atoms with E-state index in [4.69, 9.17) is 9.47 Å². The molecule has 1 N–H and O–H groups in total. The van der Waals surface area contributed by atoms with Gasteiger partial charge in [-0.25, -0.2) is 0 Å². The number of nitrogens with one attached hydrogen (secondary N) is 1. The van der Waals surface area contributed by atoms with Crippen LogP contribution in [0.3, 0.4) is 0 Å². The Morgan fingerprint density at radius 2 is 2.00 bits per heavy atom. The van der Waals surface area contributed by atoms with Crippen molar-refractivity contribution in [2.24, 2.45) is 5.92 Å². The van der Waals surface area contributed by atoms with Gasteiger partial charge in [0, 0.05) is 19.7 Å². The number of benzene rings is 1. The van der Waals surface area contributed by atoms with Gasteiger partial charge in [0.15, 0.2) is 0 Å². The van der Waals surface area contributed by atoms with Crippen LogP contribution in [0.1, 0.15) is 30.4 Å². The van der Waals surface area contributed by atoms with Crippen LogP contribution in [0.25, 0.3) is 0 Å². The molecule has 134 valence electrons. The number of methoxy groups -OCH3 is 2. The van der Waals surface area contributed by atoms with Crippen molar-refractivity contribution >= 4 is 0 Å². The summed E-state index contributed by atoms with van der Waals surface area (Å²) in [4.78, 5) is 2.53. The van der Waals surface area contributed by atoms with Gasteiger partial charge in [0.2, 0.25) is 0 Å². The molecule has 1 atom stereocenters. The Hall–Kier alpha value is -1.10. The minimum Gasteiger partial charge on any atom is -0.496 e. The third-order valence-electron chi connectivity index (χ3n) is 5.67. The van der Waals surface area contributed by atoms with Crippen LogP contribution in [0.5, 0.6) is 5.75 Å². The van der Waals surface area contributed by atoms with E-state index in [1.165, 1.54) is 50.0 Å². The number of likely N-dealkylation sites (tertiary alicyclic amines) is 1. The molecule has 0 spiro atoms. The molecule has 0 aromatic heterocycles. The Morgan fingerprint density at radius 3 is 2.75 bits per heavy atom. The zero-order chi connectivity index (χ0) is 16.8. The average molecular weight is 332 g/mol. The molecule has 0 bridgehead atoms. The van der Waals surface area contributed by atoms with E-state index in [1.54, 1.807) is 14.2 Å². The second kappa shape index (κ2) is 8.84. The van der Waals surface area contributed by atoms with Crippen LogP contribution >= 0.6 is 0 Å². The molecular weight excluding hydrogens is 300 g/mol. The lowest BCUT2D eigenvalue weighted by Crippen LogP contribution is -2.42. The van der Waals surface area contributed by atoms with Crippen molar-refractivity contribution in [1.29, 1.82) is 0 Å². The van der Waals surface area contributed by atoms with Crippen molar-refractivity contribution in [3.05, 3.63) is 29.3 Å². The van der Waals surface area contributed by atoms with E-state index < -0.39 is 0 Å². The summed E-state index contributed by atoms with van der Waals surface area (Å²) in [5.41, 5.74) is 2.89. The van der Waals surface area contributed by atoms with E-state index in [9.17, 15) is 0 Å². The van der Waals surface area contributed by atoms with Crippen molar-refractivity contribution in [3.8, 4) is 5.75 Å². The van der Waals surface area contributed by atoms with Gasteiger partial charge >= 0.3 is 0 Å². The topological polar surface area (TPSA) is 33.7 Å². The molecular formula is C20H32N2O2. The zero-order valence-corrected chi connectivity index (χ0v) is 15.2. The van der Waals surface area contributed by atoms with Crippen molar-refractivity contribution in [2.45, 2.75) is 38.1 Å². The fourth-order valence-corrected chi connectivity index (χ4v) is 4.11. The molecule has 3 rings (SSSR count). The number of ether oxygens (including phenoxy) is 2. The Bertz CT molecular complexity index is 512. The Kier molecular flexibility index (Phi) is 6.52. The molecule has 1 aromatic rings. The van der Waals surface area contributed by atoms with E-state index in [0.717, 1.165) is 37.7 Å². The number of hydrogen-bond donors (Lipinski definition) is 1. The fraction of sp³-hybridized carbons (Fsp3) is 0.700.